The molecule has 0 heterocycles. The summed E-state index contributed by atoms with van der Waals surface area (Å²) >= 11 is 0. The summed E-state index contributed by atoms with van der Waals surface area (Å²) in [6, 6.07) is 9.11. The summed E-state index contributed by atoms with van der Waals surface area (Å²) in [5, 5.41) is 21.2. The Labute approximate surface area is 160 Å². The summed E-state index contributed by atoms with van der Waals surface area (Å²) in [7, 11) is 2.81. The fourth-order valence-electron chi connectivity index (χ4n) is 2.25. The highest BCUT2D eigenvalue weighted by atomic mass is 16.6. The van der Waals surface area contributed by atoms with Crippen molar-refractivity contribution < 1.29 is 24.0 Å². The van der Waals surface area contributed by atoms with Crippen molar-refractivity contribution >= 4 is 28.8 Å². The standard InChI is InChI=1S/C18H18N4O6/c1-11(23)17(18(24)19-14-6-4-5-7-16(14)28-3)21-20-13-9-8-12(27-2)10-15(13)22(25)26/h4-10,17H,1-3H3,(H,19,24)/b21-20+. The predicted octanol–water partition coefficient (Wildman–Crippen LogP) is 3.29. The van der Waals surface area contributed by atoms with Crippen molar-refractivity contribution in [2.75, 3.05) is 19.5 Å². The summed E-state index contributed by atoms with van der Waals surface area (Å²) in [4.78, 5) is 34.9. The molecule has 28 heavy (non-hydrogen) atoms. The number of nitrogens with zero attached hydrogens (tertiary/aromatic N) is 3. The smallest absolute Gasteiger partial charge is 0.300 e. The first-order valence-corrected chi connectivity index (χ1v) is 8.05. The number of benzene rings is 2. The zero-order valence-electron chi connectivity index (χ0n) is 15.4. The number of carbonyl (C=O) groups is 2. The summed E-state index contributed by atoms with van der Waals surface area (Å²) in [5.74, 6) is -0.646. The summed E-state index contributed by atoms with van der Waals surface area (Å²) in [6.45, 7) is 1.17. The molecule has 0 spiro atoms. The van der Waals surface area contributed by atoms with E-state index in [-0.39, 0.29) is 17.1 Å². The SMILES string of the molecule is COc1ccc(/N=N/C(C(C)=O)C(=O)Nc2ccccc2OC)c([N+](=O)[O-])c1. The highest BCUT2D eigenvalue weighted by Gasteiger charge is 2.25. The Hall–Kier alpha value is -3.82. The number of amides is 1. The molecule has 2 rings (SSSR count). The van der Waals surface area contributed by atoms with Crippen molar-refractivity contribution in [2.45, 2.75) is 13.0 Å². The number of anilines is 1. The third-order valence-corrected chi connectivity index (χ3v) is 3.66. The molecule has 0 fully saturated rings. The van der Waals surface area contributed by atoms with Crippen LogP contribution in [-0.4, -0.2) is 36.9 Å². The Morgan fingerprint density at radius 1 is 1.14 bits per heavy atom. The molecule has 0 saturated carbocycles. The molecule has 0 saturated heterocycles. The molecule has 2 aromatic carbocycles. The Balaban J connectivity index is 2.29. The van der Waals surface area contributed by atoms with Crippen molar-refractivity contribution in [2.24, 2.45) is 10.2 Å². The summed E-state index contributed by atoms with van der Waals surface area (Å²) in [6.07, 6.45) is 0. The highest BCUT2D eigenvalue weighted by molar-refractivity contribution is 6.10. The molecule has 1 amide bonds. The molecule has 1 atom stereocenters. The minimum atomic E-state index is -1.48. The fraction of sp³-hybridized carbons (Fsp3) is 0.222. The number of nitrogens with one attached hydrogen (secondary N) is 1. The van der Waals surface area contributed by atoms with Crippen molar-refractivity contribution in [3.63, 3.8) is 0 Å². The molecule has 0 bridgehead atoms. The van der Waals surface area contributed by atoms with E-state index >= 15 is 0 Å². The van der Waals surface area contributed by atoms with Crippen LogP contribution in [0.1, 0.15) is 6.92 Å². The lowest BCUT2D eigenvalue weighted by atomic mass is 10.2. The second-order valence-electron chi connectivity index (χ2n) is 5.53. The molecular formula is C18H18N4O6. The maximum atomic E-state index is 12.5. The van der Waals surface area contributed by atoms with E-state index in [0.717, 1.165) is 0 Å². The lowest BCUT2D eigenvalue weighted by molar-refractivity contribution is -0.384. The Morgan fingerprint density at radius 3 is 2.46 bits per heavy atom. The number of para-hydroxylation sites is 2. The minimum Gasteiger partial charge on any atom is -0.496 e. The largest absolute Gasteiger partial charge is 0.496 e. The number of hydrogen-bond donors (Lipinski definition) is 1. The summed E-state index contributed by atoms with van der Waals surface area (Å²) < 4.78 is 10.1. The number of ether oxygens (including phenoxy) is 2. The first-order valence-electron chi connectivity index (χ1n) is 8.05. The van der Waals surface area contributed by atoms with Gasteiger partial charge in [0, 0.05) is 0 Å². The van der Waals surface area contributed by atoms with Gasteiger partial charge in [-0.3, -0.25) is 19.7 Å². The number of nitro groups is 1. The van der Waals surface area contributed by atoms with Crippen molar-refractivity contribution in [3.8, 4) is 11.5 Å². The van der Waals surface area contributed by atoms with Crippen LogP contribution in [0.15, 0.2) is 52.7 Å². The van der Waals surface area contributed by atoms with Gasteiger partial charge in [-0.15, -0.1) is 5.11 Å². The number of ketones is 1. The van der Waals surface area contributed by atoms with Crippen LogP contribution in [0.3, 0.4) is 0 Å². The number of azo groups is 1. The highest BCUT2D eigenvalue weighted by Crippen LogP contribution is 2.32. The topological polar surface area (TPSA) is 132 Å². The first-order chi connectivity index (χ1) is 13.4. The third kappa shape index (κ3) is 4.87. The first kappa shape index (κ1) is 20.5. The Morgan fingerprint density at radius 2 is 1.86 bits per heavy atom. The number of rotatable bonds is 8. The molecule has 0 radical (unpaired) electrons. The quantitative estimate of drug-likeness (QED) is 0.320. The van der Waals surface area contributed by atoms with Crippen molar-refractivity contribution in [1.82, 2.24) is 0 Å². The van der Waals surface area contributed by atoms with Crippen LogP contribution in [0.4, 0.5) is 17.1 Å². The monoisotopic (exact) mass is 386 g/mol. The number of nitro benzene ring substituents is 1. The van der Waals surface area contributed by atoms with Crippen LogP contribution < -0.4 is 14.8 Å². The van der Waals surface area contributed by atoms with E-state index in [1.807, 2.05) is 0 Å². The molecule has 10 heteroatoms. The van der Waals surface area contributed by atoms with E-state index < -0.39 is 22.7 Å². The number of carbonyl (C=O) groups excluding carboxylic acids is 2. The maximum Gasteiger partial charge on any atom is 0.300 e. The molecule has 1 N–H and O–H groups in total. The van der Waals surface area contributed by atoms with Gasteiger partial charge >= 0.3 is 0 Å². The lowest BCUT2D eigenvalue weighted by Gasteiger charge is -2.12. The van der Waals surface area contributed by atoms with Gasteiger partial charge in [0.1, 0.15) is 11.5 Å². The number of methoxy groups -OCH3 is 2. The van der Waals surface area contributed by atoms with Gasteiger partial charge in [0.25, 0.3) is 11.6 Å². The molecule has 146 valence electrons. The molecule has 0 aliphatic heterocycles. The van der Waals surface area contributed by atoms with Gasteiger partial charge in [0.2, 0.25) is 6.04 Å². The van der Waals surface area contributed by atoms with Crippen LogP contribution in [0.5, 0.6) is 11.5 Å². The third-order valence-electron chi connectivity index (χ3n) is 3.66. The molecule has 1 unspecified atom stereocenters. The number of Topliss-reactive ketones (excluding diaryl/α,β-unsaturated/α-hetero) is 1. The van der Waals surface area contributed by atoms with Crippen LogP contribution in [-0.2, 0) is 9.59 Å². The van der Waals surface area contributed by atoms with Crippen LogP contribution in [0.25, 0.3) is 0 Å². The van der Waals surface area contributed by atoms with Gasteiger partial charge in [0.05, 0.1) is 30.9 Å². The Kier molecular flexibility index (Phi) is 6.74. The Bertz CT molecular complexity index is 928. The van der Waals surface area contributed by atoms with E-state index in [2.05, 4.69) is 15.5 Å². The molecular weight excluding hydrogens is 368 g/mol. The van der Waals surface area contributed by atoms with Gasteiger partial charge < -0.3 is 14.8 Å². The van der Waals surface area contributed by atoms with Crippen LogP contribution >= 0.6 is 0 Å². The molecule has 10 nitrogen and oxygen atoms in total. The molecule has 0 aliphatic carbocycles. The van der Waals surface area contributed by atoms with Crippen molar-refractivity contribution in [1.29, 1.82) is 0 Å². The number of hydrogen-bond acceptors (Lipinski definition) is 8. The van der Waals surface area contributed by atoms with Gasteiger partial charge in [0.15, 0.2) is 11.5 Å². The maximum absolute atomic E-state index is 12.5. The normalized spacial score (nSPS) is 11.7. The molecule has 0 aliphatic rings. The average Bonchev–Trinajstić information content (AvgIpc) is 2.68. The zero-order chi connectivity index (χ0) is 20.7. The fourth-order valence-corrected chi connectivity index (χ4v) is 2.25. The average molecular weight is 386 g/mol. The van der Waals surface area contributed by atoms with Gasteiger partial charge in [-0.2, -0.15) is 5.11 Å². The minimum absolute atomic E-state index is 0.109. The lowest BCUT2D eigenvalue weighted by Crippen LogP contribution is -2.31. The second kappa shape index (κ2) is 9.21. The van der Waals surface area contributed by atoms with E-state index in [1.54, 1.807) is 24.3 Å². The van der Waals surface area contributed by atoms with Crippen LogP contribution in [0, 0.1) is 10.1 Å². The van der Waals surface area contributed by atoms with Gasteiger partial charge in [-0.05, 0) is 31.2 Å². The van der Waals surface area contributed by atoms with E-state index in [0.29, 0.717) is 11.4 Å². The van der Waals surface area contributed by atoms with Crippen molar-refractivity contribution in [3.05, 3.63) is 52.6 Å². The van der Waals surface area contributed by atoms with Gasteiger partial charge in [-0.1, -0.05) is 12.1 Å². The van der Waals surface area contributed by atoms with E-state index in [9.17, 15) is 19.7 Å². The second-order valence-corrected chi connectivity index (χ2v) is 5.53. The van der Waals surface area contributed by atoms with E-state index in [4.69, 9.17) is 9.47 Å². The summed E-state index contributed by atoms with van der Waals surface area (Å²) in [5.41, 5.74) is -0.121. The van der Waals surface area contributed by atoms with E-state index in [1.165, 1.54) is 39.3 Å². The van der Waals surface area contributed by atoms with Crippen LogP contribution in [0.2, 0.25) is 0 Å². The zero-order valence-corrected chi connectivity index (χ0v) is 15.4. The van der Waals surface area contributed by atoms with Gasteiger partial charge in [-0.25, -0.2) is 0 Å². The molecule has 2 aromatic rings. The molecule has 0 aromatic heterocycles. The predicted molar refractivity (Wildman–Crippen MR) is 100 cm³/mol.